The molecule has 0 aliphatic rings. The molecule has 0 saturated heterocycles. The molecule has 1 rings (SSSR count). The highest BCUT2D eigenvalue weighted by Gasteiger charge is 2.31. The maximum absolute atomic E-state index is 12.0. The van der Waals surface area contributed by atoms with Crippen molar-refractivity contribution in [2.75, 3.05) is 6.54 Å². The minimum absolute atomic E-state index is 0.177. The van der Waals surface area contributed by atoms with Gasteiger partial charge in [0.25, 0.3) is 0 Å². The molecule has 0 radical (unpaired) electrons. The number of hydrogen-bond acceptors (Lipinski definition) is 3. The third-order valence-corrected chi connectivity index (χ3v) is 3.57. The molecule has 0 saturated carbocycles. The second-order valence-corrected chi connectivity index (χ2v) is 5.36. The fourth-order valence-corrected chi connectivity index (χ4v) is 2.38. The first-order valence-corrected chi connectivity index (χ1v) is 6.55. The number of carboxylic acid groups (broad SMARTS) is 1. The molecule has 0 spiro atoms. The number of aryl methyl sites for hydroxylation is 1. The standard InChI is InChI=1S/C9H11F3N2O4S/c1-2-14-4-6(3-7(14)8(15)16)19(17,18)13-5-9(10,11)12/h3-4,13H,2,5H2,1H3,(H,15,16). The molecular formula is C9H11F3N2O4S. The Kier molecular flexibility index (Phi) is 4.25. The van der Waals surface area contributed by atoms with E-state index in [4.69, 9.17) is 5.11 Å². The Balaban J connectivity index is 3.06. The van der Waals surface area contributed by atoms with Crippen LogP contribution in [0.5, 0.6) is 0 Å². The molecule has 108 valence electrons. The van der Waals surface area contributed by atoms with Crippen molar-refractivity contribution in [3.63, 3.8) is 0 Å². The van der Waals surface area contributed by atoms with Gasteiger partial charge < -0.3 is 9.67 Å². The lowest BCUT2D eigenvalue weighted by molar-refractivity contribution is -0.121. The van der Waals surface area contributed by atoms with Crippen molar-refractivity contribution in [1.29, 1.82) is 0 Å². The van der Waals surface area contributed by atoms with E-state index < -0.39 is 33.6 Å². The highest BCUT2D eigenvalue weighted by atomic mass is 32.2. The SMILES string of the molecule is CCn1cc(S(=O)(=O)NCC(F)(F)F)cc1C(=O)O. The molecular weight excluding hydrogens is 289 g/mol. The Morgan fingerprint density at radius 2 is 2.05 bits per heavy atom. The first kappa shape index (κ1) is 15.5. The molecule has 0 aliphatic carbocycles. The molecule has 19 heavy (non-hydrogen) atoms. The van der Waals surface area contributed by atoms with Crippen molar-refractivity contribution in [2.24, 2.45) is 0 Å². The van der Waals surface area contributed by atoms with Gasteiger partial charge in [-0.2, -0.15) is 13.2 Å². The molecule has 10 heteroatoms. The van der Waals surface area contributed by atoms with E-state index in [1.165, 1.54) is 4.72 Å². The number of rotatable bonds is 5. The summed E-state index contributed by atoms with van der Waals surface area (Å²) in [5.74, 6) is -1.36. The van der Waals surface area contributed by atoms with Crippen molar-refractivity contribution in [3.8, 4) is 0 Å². The lowest BCUT2D eigenvalue weighted by Crippen LogP contribution is -2.33. The highest BCUT2D eigenvalue weighted by molar-refractivity contribution is 7.89. The van der Waals surface area contributed by atoms with Gasteiger partial charge in [0.2, 0.25) is 10.0 Å². The minimum Gasteiger partial charge on any atom is -0.477 e. The molecule has 0 aromatic carbocycles. The maximum atomic E-state index is 12.0. The molecule has 1 aromatic rings. The Hall–Kier alpha value is -1.55. The van der Waals surface area contributed by atoms with Gasteiger partial charge in [0.15, 0.2) is 0 Å². The van der Waals surface area contributed by atoms with Gasteiger partial charge in [0.05, 0.1) is 0 Å². The van der Waals surface area contributed by atoms with Crippen molar-refractivity contribution >= 4 is 16.0 Å². The largest absolute Gasteiger partial charge is 0.477 e. The summed E-state index contributed by atoms with van der Waals surface area (Å²) in [7, 11) is -4.39. The van der Waals surface area contributed by atoms with Crippen LogP contribution in [0.2, 0.25) is 0 Å². The molecule has 0 unspecified atom stereocenters. The molecule has 0 atom stereocenters. The van der Waals surface area contributed by atoms with Crippen molar-refractivity contribution < 1.29 is 31.5 Å². The van der Waals surface area contributed by atoms with E-state index in [1.807, 2.05) is 0 Å². The number of nitrogens with one attached hydrogen (secondary N) is 1. The van der Waals surface area contributed by atoms with Crippen LogP contribution < -0.4 is 4.72 Å². The number of sulfonamides is 1. The van der Waals surface area contributed by atoms with E-state index in [1.54, 1.807) is 6.92 Å². The quantitative estimate of drug-likeness (QED) is 0.850. The first-order valence-electron chi connectivity index (χ1n) is 5.06. The molecule has 0 amide bonds. The van der Waals surface area contributed by atoms with Crippen LogP contribution >= 0.6 is 0 Å². The van der Waals surface area contributed by atoms with Gasteiger partial charge in [-0.15, -0.1) is 0 Å². The monoisotopic (exact) mass is 300 g/mol. The van der Waals surface area contributed by atoms with Crippen molar-refractivity contribution in [2.45, 2.75) is 24.5 Å². The van der Waals surface area contributed by atoms with Crippen LogP contribution in [-0.4, -0.2) is 36.8 Å². The normalized spacial score (nSPS) is 12.6. The molecule has 1 heterocycles. The zero-order valence-corrected chi connectivity index (χ0v) is 10.5. The van der Waals surface area contributed by atoms with E-state index >= 15 is 0 Å². The second kappa shape index (κ2) is 5.21. The molecule has 0 fully saturated rings. The number of nitrogens with zero attached hydrogens (tertiary/aromatic N) is 1. The molecule has 1 aromatic heterocycles. The number of hydrogen-bond donors (Lipinski definition) is 2. The van der Waals surface area contributed by atoms with Crippen LogP contribution in [-0.2, 0) is 16.6 Å². The molecule has 2 N–H and O–H groups in total. The fourth-order valence-electron chi connectivity index (χ4n) is 1.33. The first-order chi connectivity index (χ1) is 8.57. The predicted octanol–water partition coefficient (Wildman–Crippen LogP) is 1.05. The number of carbonyl (C=O) groups is 1. The minimum atomic E-state index is -4.68. The van der Waals surface area contributed by atoms with Crippen LogP contribution in [0.25, 0.3) is 0 Å². The van der Waals surface area contributed by atoms with E-state index in [2.05, 4.69) is 0 Å². The fraction of sp³-hybridized carbons (Fsp3) is 0.444. The number of alkyl halides is 3. The van der Waals surface area contributed by atoms with Crippen LogP contribution in [0.15, 0.2) is 17.2 Å². The molecule has 6 nitrogen and oxygen atoms in total. The van der Waals surface area contributed by atoms with E-state index in [-0.39, 0.29) is 12.2 Å². The second-order valence-electron chi connectivity index (χ2n) is 3.59. The van der Waals surface area contributed by atoms with Gasteiger partial charge in [-0.1, -0.05) is 0 Å². The summed E-state index contributed by atoms with van der Waals surface area (Å²) in [6, 6.07) is 0.810. The van der Waals surface area contributed by atoms with Gasteiger partial charge in [-0.3, -0.25) is 0 Å². The zero-order chi connectivity index (χ0) is 14.8. The number of aromatic carboxylic acids is 1. The van der Waals surface area contributed by atoms with Crippen LogP contribution in [0.3, 0.4) is 0 Å². The van der Waals surface area contributed by atoms with E-state index in [0.717, 1.165) is 16.8 Å². The summed E-state index contributed by atoms with van der Waals surface area (Å²) in [5, 5.41) is 8.82. The van der Waals surface area contributed by atoms with Gasteiger partial charge in [-0.05, 0) is 13.0 Å². The van der Waals surface area contributed by atoms with E-state index in [9.17, 15) is 26.4 Å². The summed E-state index contributed by atoms with van der Waals surface area (Å²) in [4.78, 5) is 10.3. The van der Waals surface area contributed by atoms with Crippen molar-refractivity contribution in [1.82, 2.24) is 9.29 Å². The van der Waals surface area contributed by atoms with Crippen LogP contribution in [0.1, 0.15) is 17.4 Å². The Labute approximate surface area is 106 Å². The van der Waals surface area contributed by atoms with Gasteiger partial charge in [0.1, 0.15) is 17.1 Å². The third kappa shape index (κ3) is 3.96. The molecule has 0 aliphatic heterocycles. The number of aromatic nitrogens is 1. The summed E-state index contributed by atoms with van der Waals surface area (Å²) in [5.41, 5.74) is -0.310. The highest BCUT2D eigenvalue weighted by Crippen LogP contribution is 2.17. The van der Waals surface area contributed by atoms with Crippen LogP contribution in [0, 0.1) is 0 Å². The third-order valence-electron chi connectivity index (χ3n) is 2.20. The van der Waals surface area contributed by atoms with Crippen molar-refractivity contribution in [3.05, 3.63) is 18.0 Å². The number of carboxylic acids is 1. The maximum Gasteiger partial charge on any atom is 0.402 e. The lowest BCUT2D eigenvalue weighted by atomic mass is 10.4. The summed E-state index contributed by atoms with van der Waals surface area (Å²) >= 11 is 0. The topological polar surface area (TPSA) is 88.4 Å². The summed E-state index contributed by atoms with van der Waals surface area (Å²) < 4.78 is 61.5. The number of halogens is 3. The van der Waals surface area contributed by atoms with Gasteiger partial charge in [-0.25, -0.2) is 17.9 Å². The smallest absolute Gasteiger partial charge is 0.402 e. The van der Waals surface area contributed by atoms with E-state index in [0.29, 0.717) is 0 Å². The summed E-state index contributed by atoms with van der Waals surface area (Å²) in [6.07, 6.45) is -3.71. The molecule has 0 bridgehead atoms. The Bertz CT molecular complexity index is 577. The average molecular weight is 300 g/mol. The Morgan fingerprint density at radius 3 is 2.42 bits per heavy atom. The van der Waals surface area contributed by atoms with Crippen LogP contribution in [0.4, 0.5) is 13.2 Å². The lowest BCUT2D eigenvalue weighted by Gasteiger charge is -2.07. The average Bonchev–Trinajstić information content (AvgIpc) is 2.70. The Morgan fingerprint density at radius 1 is 1.47 bits per heavy atom. The zero-order valence-electron chi connectivity index (χ0n) is 9.73. The van der Waals surface area contributed by atoms with Gasteiger partial charge >= 0.3 is 12.1 Å². The summed E-state index contributed by atoms with van der Waals surface area (Å²) in [6.45, 7) is 0.0391. The predicted molar refractivity (Wildman–Crippen MR) is 58.3 cm³/mol. The van der Waals surface area contributed by atoms with Gasteiger partial charge in [0, 0.05) is 12.7 Å².